The van der Waals surface area contributed by atoms with E-state index >= 15 is 0 Å². The Balaban J connectivity index is 1.97. The molecule has 2 N–H and O–H groups in total. The van der Waals surface area contributed by atoms with E-state index in [0.29, 0.717) is 0 Å². The van der Waals surface area contributed by atoms with Crippen molar-refractivity contribution >= 4 is 7.75 Å². The summed E-state index contributed by atoms with van der Waals surface area (Å²) in [5.74, 6) is 0. The molecule has 0 spiro atoms. The summed E-state index contributed by atoms with van der Waals surface area (Å²) in [7, 11) is -4.23. The van der Waals surface area contributed by atoms with Gasteiger partial charge in [-0.05, 0) is 6.42 Å². The largest absolute Gasteiger partial charge is 0.607 e. The van der Waals surface area contributed by atoms with Crippen molar-refractivity contribution in [2.75, 3.05) is 0 Å². The highest BCUT2D eigenvalue weighted by Crippen LogP contribution is 2.28. The van der Waals surface area contributed by atoms with Crippen molar-refractivity contribution in [2.45, 2.75) is 103 Å². The van der Waals surface area contributed by atoms with Gasteiger partial charge in [-0.15, -0.1) is 4.34 Å². The molecule has 1 aromatic heterocycles. The van der Waals surface area contributed by atoms with Crippen LogP contribution in [0.2, 0.25) is 0 Å². The zero-order valence-corrected chi connectivity index (χ0v) is 17.5. The lowest BCUT2D eigenvalue weighted by Gasteiger charge is -2.05. The Hall–Kier alpha value is -0.700. The molecule has 5 heteroatoms. The van der Waals surface area contributed by atoms with Gasteiger partial charge in [0.15, 0.2) is 11.9 Å². The van der Waals surface area contributed by atoms with Crippen LogP contribution in [0.1, 0.15) is 103 Å². The van der Waals surface area contributed by atoms with Crippen LogP contribution in [-0.4, -0.2) is 9.79 Å². The highest BCUT2D eigenvalue weighted by molar-refractivity contribution is 7.44. The molecule has 0 unspecified atom stereocenters. The molecule has 1 heterocycles. The average Bonchev–Trinajstić information content (AvgIpc) is 2.61. The van der Waals surface area contributed by atoms with Crippen molar-refractivity contribution in [2.24, 2.45) is 0 Å². The van der Waals surface area contributed by atoms with Gasteiger partial charge in [0.25, 0.3) is 0 Å². The monoisotopic (exact) mass is 384 g/mol. The second kappa shape index (κ2) is 14.4. The molecule has 0 bridgehead atoms. The molecular weight excluding hydrogens is 345 g/mol. The van der Waals surface area contributed by atoms with Crippen LogP contribution in [-0.2, 0) is 11.0 Å². The second-order valence-electron chi connectivity index (χ2n) is 7.40. The molecule has 0 aliphatic rings. The van der Waals surface area contributed by atoms with Gasteiger partial charge in [0.05, 0.1) is 0 Å². The van der Waals surface area contributed by atoms with E-state index in [-0.39, 0.29) is 0 Å². The summed E-state index contributed by atoms with van der Waals surface area (Å²) >= 11 is 0. The van der Waals surface area contributed by atoms with Crippen molar-refractivity contribution in [3.05, 3.63) is 30.1 Å². The molecule has 0 atom stereocenters. The lowest BCUT2D eigenvalue weighted by molar-refractivity contribution is -0.548. The van der Waals surface area contributed by atoms with Crippen LogP contribution in [0.15, 0.2) is 24.4 Å². The molecular formula is C21H39NO3P+. The number of nitrogens with zero attached hydrogens (tertiary/aromatic N) is 1. The molecule has 0 radical (unpaired) electrons. The number of pyridine rings is 1. The zero-order valence-electron chi connectivity index (χ0n) is 16.6. The van der Waals surface area contributed by atoms with Crippen LogP contribution >= 0.6 is 7.75 Å². The number of aromatic nitrogens is 1. The molecule has 4 nitrogen and oxygen atoms in total. The molecule has 0 fully saturated rings. The van der Waals surface area contributed by atoms with Crippen molar-refractivity contribution in [1.82, 2.24) is 0 Å². The summed E-state index contributed by atoms with van der Waals surface area (Å²) in [5, 5.41) is 0. The van der Waals surface area contributed by atoms with Gasteiger partial charge in [-0.3, -0.25) is 9.79 Å². The van der Waals surface area contributed by atoms with Gasteiger partial charge >= 0.3 is 7.75 Å². The maximum Gasteiger partial charge on any atom is 0.607 e. The average molecular weight is 385 g/mol. The lowest BCUT2D eigenvalue weighted by atomic mass is 10.0. The van der Waals surface area contributed by atoms with Crippen LogP contribution in [0.25, 0.3) is 0 Å². The molecule has 1 aromatic rings. The van der Waals surface area contributed by atoms with Gasteiger partial charge in [0.1, 0.15) is 0 Å². The van der Waals surface area contributed by atoms with E-state index in [4.69, 9.17) is 0 Å². The minimum atomic E-state index is -4.23. The Kier molecular flexibility index (Phi) is 12.9. The molecule has 0 saturated heterocycles. The highest BCUT2D eigenvalue weighted by Gasteiger charge is 2.30. The van der Waals surface area contributed by atoms with E-state index in [1.165, 1.54) is 83.2 Å². The third-order valence-electron chi connectivity index (χ3n) is 4.99. The first-order valence-corrected chi connectivity index (χ1v) is 12.2. The fraction of sp³-hybridized carbons (Fsp3) is 0.762. The number of rotatable bonds is 16. The minimum absolute atomic E-state index is 0.722. The highest BCUT2D eigenvalue weighted by atomic mass is 31.2. The smallest absolute Gasteiger partial charge is 0.271 e. The Labute approximate surface area is 160 Å². The molecule has 26 heavy (non-hydrogen) atoms. The van der Waals surface area contributed by atoms with Gasteiger partial charge in [-0.1, -0.05) is 96.5 Å². The normalized spacial score (nSPS) is 11.8. The molecule has 0 aliphatic carbocycles. The first-order chi connectivity index (χ1) is 12.6. The van der Waals surface area contributed by atoms with Gasteiger partial charge in [0, 0.05) is 18.6 Å². The van der Waals surface area contributed by atoms with E-state index in [1.54, 1.807) is 12.1 Å². The molecule has 1 rings (SSSR count). The SMILES string of the molecule is CCCCCCCCCCCCCCCCc1cccc[n+]1P(=O)(O)O. The fourth-order valence-electron chi connectivity index (χ4n) is 3.42. The van der Waals surface area contributed by atoms with Crippen LogP contribution in [0.5, 0.6) is 0 Å². The Morgan fingerprint density at radius 3 is 1.69 bits per heavy atom. The van der Waals surface area contributed by atoms with E-state index in [9.17, 15) is 14.4 Å². The van der Waals surface area contributed by atoms with Gasteiger partial charge < -0.3 is 0 Å². The third kappa shape index (κ3) is 11.1. The maximum atomic E-state index is 11.5. The Morgan fingerprint density at radius 1 is 0.769 bits per heavy atom. The maximum absolute atomic E-state index is 11.5. The van der Waals surface area contributed by atoms with Gasteiger partial charge in [-0.25, -0.2) is 0 Å². The van der Waals surface area contributed by atoms with Crippen molar-refractivity contribution < 1.29 is 18.7 Å². The third-order valence-corrected chi connectivity index (χ3v) is 5.94. The van der Waals surface area contributed by atoms with Crippen molar-refractivity contribution in [3.63, 3.8) is 0 Å². The van der Waals surface area contributed by atoms with Crippen LogP contribution < -0.4 is 4.34 Å². The van der Waals surface area contributed by atoms with E-state index < -0.39 is 7.75 Å². The summed E-state index contributed by atoms with van der Waals surface area (Å²) in [4.78, 5) is 18.7. The zero-order chi connectivity index (χ0) is 19.1. The Morgan fingerprint density at radius 2 is 1.23 bits per heavy atom. The van der Waals surface area contributed by atoms with E-state index in [0.717, 1.165) is 29.3 Å². The minimum Gasteiger partial charge on any atom is -0.271 e. The lowest BCUT2D eigenvalue weighted by Crippen LogP contribution is -2.34. The molecule has 0 aliphatic heterocycles. The molecule has 0 amide bonds. The molecule has 0 aromatic carbocycles. The second-order valence-corrected chi connectivity index (χ2v) is 8.85. The van der Waals surface area contributed by atoms with E-state index in [1.807, 2.05) is 6.07 Å². The van der Waals surface area contributed by atoms with Crippen LogP contribution in [0, 0.1) is 0 Å². The Bertz CT molecular complexity index is 516. The number of unbranched alkanes of at least 4 members (excludes halogenated alkanes) is 13. The van der Waals surface area contributed by atoms with Crippen LogP contribution in [0.4, 0.5) is 0 Å². The fourth-order valence-corrected chi connectivity index (χ4v) is 4.17. The van der Waals surface area contributed by atoms with Crippen molar-refractivity contribution in [1.29, 1.82) is 0 Å². The summed E-state index contributed by atoms with van der Waals surface area (Å²) in [5.41, 5.74) is 0.722. The van der Waals surface area contributed by atoms with Crippen LogP contribution in [0.3, 0.4) is 0 Å². The summed E-state index contributed by atoms with van der Waals surface area (Å²) in [6.07, 6.45) is 20.6. The molecule has 0 saturated carbocycles. The van der Waals surface area contributed by atoms with Gasteiger partial charge in [-0.2, -0.15) is 4.57 Å². The number of hydrogen-bond acceptors (Lipinski definition) is 1. The first kappa shape index (κ1) is 23.3. The number of aryl methyl sites for hydroxylation is 1. The van der Waals surface area contributed by atoms with Crippen molar-refractivity contribution in [3.8, 4) is 0 Å². The summed E-state index contributed by atoms with van der Waals surface area (Å²) in [6.45, 7) is 2.26. The van der Waals surface area contributed by atoms with Gasteiger partial charge in [0.2, 0.25) is 0 Å². The summed E-state index contributed by atoms with van der Waals surface area (Å²) in [6, 6.07) is 5.31. The standard InChI is InChI=1S/C21H38NO3P/c1-2-3-4-5-6-7-8-9-10-11-12-13-14-15-18-21-19-16-17-20-22(21)26(23,24)25/h16-17,19-20H,2-15,18H2,1H3,(H-,23,24,25)/p+1. The first-order valence-electron chi connectivity index (χ1n) is 10.6. The predicted octanol–water partition coefficient (Wildman–Crippen LogP) is 5.94. The summed E-state index contributed by atoms with van der Waals surface area (Å²) < 4.78 is 12.6. The number of hydrogen-bond donors (Lipinski definition) is 2. The van der Waals surface area contributed by atoms with E-state index in [2.05, 4.69) is 6.92 Å². The topological polar surface area (TPSA) is 61.4 Å². The quantitative estimate of drug-likeness (QED) is 0.274. The predicted molar refractivity (Wildman–Crippen MR) is 108 cm³/mol. The molecule has 150 valence electrons.